The average molecular weight is 453 g/mol. The first-order chi connectivity index (χ1) is 14.9. The molecule has 188 valence electrons. The summed E-state index contributed by atoms with van der Waals surface area (Å²) in [6.07, 6.45) is 8.62. The van der Waals surface area contributed by atoms with Crippen molar-refractivity contribution in [1.29, 1.82) is 0 Å². The molecule has 32 heavy (non-hydrogen) atoms. The number of aliphatic hydroxyl groups is 2. The van der Waals surface area contributed by atoms with Crippen LogP contribution in [0.5, 0.6) is 0 Å². The second kappa shape index (κ2) is 11.2. The molecular weight excluding hydrogens is 400 g/mol. The molecule has 2 aliphatic carbocycles. The van der Waals surface area contributed by atoms with Crippen molar-refractivity contribution < 1.29 is 19.7 Å². The highest BCUT2D eigenvalue weighted by Gasteiger charge is 2.58. The van der Waals surface area contributed by atoms with Crippen LogP contribution < -0.4 is 0 Å². The van der Waals surface area contributed by atoms with Crippen molar-refractivity contribution in [3.63, 3.8) is 0 Å². The van der Waals surface area contributed by atoms with Crippen molar-refractivity contribution in [3.8, 4) is 0 Å². The fourth-order valence-corrected chi connectivity index (χ4v) is 7.84. The summed E-state index contributed by atoms with van der Waals surface area (Å²) in [5.41, 5.74) is 0.340. The van der Waals surface area contributed by atoms with E-state index in [1.807, 2.05) is 13.8 Å². The van der Waals surface area contributed by atoms with E-state index in [1.54, 1.807) is 0 Å². The third-order valence-electron chi connectivity index (χ3n) is 9.88. The molecule has 4 nitrogen and oxygen atoms in total. The van der Waals surface area contributed by atoms with Crippen molar-refractivity contribution in [3.05, 3.63) is 0 Å². The maximum Gasteiger partial charge on any atom is 0.308 e. The predicted molar refractivity (Wildman–Crippen MR) is 131 cm³/mol. The van der Waals surface area contributed by atoms with Gasteiger partial charge in [0, 0.05) is 0 Å². The molecule has 0 bridgehead atoms. The molecule has 0 aromatic carbocycles. The van der Waals surface area contributed by atoms with E-state index >= 15 is 0 Å². The van der Waals surface area contributed by atoms with Crippen LogP contribution in [0.1, 0.15) is 106 Å². The quantitative estimate of drug-likeness (QED) is 0.365. The zero-order chi connectivity index (χ0) is 24.3. The van der Waals surface area contributed by atoms with Crippen molar-refractivity contribution in [1.82, 2.24) is 0 Å². The molecular formula is C28H52O4. The molecule has 2 fully saturated rings. The lowest BCUT2D eigenvalue weighted by atomic mass is 9.50. The van der Waals surface area contributed by atoms with Crippen molar-refractivity contribution in [2.75, 3.05) is 7.11 Å². The number of hydrogen-bond donors (Lipinski definition) is 2. The van der Waals surface area contributed by atoms with Gasteiger partial charge in [-0.1, -0.05) is 48.5 Å². The summed E-state index contributed by atoms with van der Waals surface area (Å²) in [6, 6.07) is 0. The highest BCUT2D eigenvalue weighted by molar-refractivity contribution is 5.71. The molecule has 9 atom stereocenters. The molecule has 0 heterocycles. The van der Waals surface area contributed by atoms with E-state index in [4.69, 9.17) is 4.74 Å². The smallest absolute Gasteiger partial charge is 0.308 e. The molecule has 2 saturated carbocycles. The SMILES string of the molecule is CC[C@H](O)CCC(C)(C)C1CC[C@@]2(C)C(CCC2[C@H](C)CC(C)C(=O)OC)C1[C@H](O)CC. The number of fused-ring (bicyclic) bond motifs is 1. The van der Waals surface area contributed by atoms with Crippen LogP contribution in [-0.4, -0.2) is 35.5 Å². The Morgan fingerprint density at radius 2 is 1.78 bits per heavy atom. The molecule has 2 rings (SSSR count). The first-order valence-corrected chi connectivity index (χ1v) is 13.4. The lowest BCUT2D eigenvalue weighted by molar-refractivity contribution is -0.145. The van der Waals surface area contributed by atoms with Gasteiger partial charge in [-0.25, -0.2) is 0 Å². The summed E-state index contributed by atoms with van der Waals surface area (Å²) < 4.78 is 4.98. The number of rotatable bonds is 11. The Labute approximate surface area is 197 Å². The number of hydrogen-bond acceptors (Lipinski definition) is 4. The van der Waals surface area contributed by atoms with Crippen LogP contribution in [0.15, 0.2) is 0 Å². The first kappa shape index (κ1) is 27.6. The third kappa shape index (κ3) is 5.71. The number of aliphatic hydroxyl groups excluding tert-OH is 2. The molecule has 2 N–H and O–H groups in total. The minimum absolute atomic E-state index is 0.0602. The van der Waals surface area contributed by atoms with E-state index in [-0.39, 0.29) is 34.9 Å². The van der Waals surface area contributed by atoms with Crippen LogP contribution in [0.4, 0.5) is 0 Å². The zero-order valence-electron chi connectivity index (χ0n) is 22.2. The molecule has 2 aliphatic rings. The Morgan fingerprint density at radius 1 is 1.12 bits per heavy atom. The highest BCUT2D eigenvalue weighted by Crippen LogP contribution is 2.64. The zero-order valence-corrected chi connectivity index (χ0v) is 22.2. The molecule has 0 aliphatic heterocycles. The Bertz CT molecular complexity index is 602. The van der Waals surface area contributed by atoms with Gasteiger partial charge in [0.1, 0.15) is 0 Å². The van der Waals surface area contributed by atoms with E-state index in [1.165, 1.54) is 26.4 Å². The van der Waals surface area contributed by atoms with Crippen LogP contribution in [-0.2, 0) is 9.53 Å². The van der Waals surface area contributed by atoms with Gasteiger partial charge in [0.15, 0.2) is 0 Å². The summed E-state index contributed by atoms with van der Waals surface area (Å²) in [4.78, 5) is 12.0. The van der Waals surface area contributed by atoms with E-state index in [0.29, 0.717) is 29.6 Å². The Hall–Kier alpha value is -0.610. The van der Waals surface area contributed by atoms with Crippen LogP contribution in [0.25, 0.3) is 0 Å². The maximum absolute atomic E-state index is 12.0. The summed E-state index contributed by atoms with van der Waals surface area (Å²) in [6.45, 7) is 15.7. The summed E-state index contributed by atoms with van der Waals surface area (Å²) in [7, 11) is 1.48. The maximum atomic E-state index is 12.0. The van der Waals surface area contributed by atoms with Crippen LogP contribution in [0.3, 0.4) is 0 Å². The Balaban J connectivity index is 2.23. The summed E-state index contributed by atoms with van der Waals surface area (Å²) in [5, 5.41) is 21.4. The van der Waals surface area contributed by atoms with Gasteiger partial charge in [-0.15, -0.1) is 0 Å². The van der Waals surface area contributed by atoms with Crippen molar-refractivity contribution in [2.45, 2.75) is 118 Å². The standard InChI is InChI=1S/C28H52O4/c1-9-20(29)13-15-27(5,6)22-14-16-28(7)21(18(3)17-19(4)26(31)32-8)11-12-23(28)25(22)24(30)10-2/h18-25,29-30H,9-17H2,1-8H3/t18-,19?,20+,21?,22?,23?,24-,25?,28-/m1/s1. The lowest BCUT2D eigenvalue weighted by Crippen LogP contribution is -2.50. The Morgan fingerprint density at radius 3 is 2.34 bits per heavy atom. The van der Waals surface area contributed by atoms with Gasteiger partial charge in [-0.3, -0.25) is 4.79 Å². The van der Waals surface area contributed by atoms with E-state index in [0.717, 1.165) is 38.5 Å². The number of carbonyl (C=O) groups is 1. The van der Waals surface area contributed by atoms with Gasteiger partial charge in [-0.2, -0.15) is 0 Å². The number of carbonyl (C=O) groups excluding carboxylic acids is 1. The molecule has 0 spiro atoms. The van der Waals surface area contributed by atoms with E-state index < -0.39 is 0 Å². The highest BCUT2D eigenvalue weighted by atomic mass is 16.5. The van der Waals surface area contributed by atoms with Gasteiger partial charge in [-0.05, 0) is 98.2 Å². The summed E-state index contributed by atoms with van der Waals surface area (Å²) in [5.74, 6) is 2.25. The molecule has 0 aromatic heterocycles. The fourth-order valence-electron chi connectivity index (χ4n) is 7.84. The normalized spacial score (nSPS) is 34.4. The molecule has 0 radical (unpaired) electrons. The molecule has 0 amide bonds. The average Bonchev–Trinajstić information content (AvgIpc) is 3.12. The van der Waals surface area contributed by atoms with Gasteiger partial charge >= 0.3 is 5.97 Å². The fraction of sp³-hybridized carbons (Fsp3) is 0.964. The molecule has 5 unspecified atom stereocenters. The van der Waals surface area contributed by atoms with Gasteiger partial charge in [0.2, 0.25) is 0 Å². The Kier molecular flexibility index (Phi) is 9.68. The van der Waals surface area contributed by atoms with Crippen LogP contribution in [0, 0.1) is 46.3 Å². The van der Waals surface area contributed by atoms with Crippen LogP contribution >= 0.6 is 0 Å². The van der Waals surface area contributed by atoms with Crippen LogP contribution in [0.2, 0.25) is 0 Å². The predicted octanol–water partition coefficient (Wildman–Crippen LogP) is 6.23. The van der Waals surface area contributed by atoms with E-state index in [9.17, 15) is 15.0 Å². The molecule has 0 saturated heterocycles. The van der Waals surface area contributed by atoms with Gasteiger partial charge < -0.3 is 14.9 Å². The molecule has 4 heteroatoms. The largest absolute Gasteiger partial charge is 0.469 e. The van der Waals surface area contributed by atoms with Crippen molar-refractivity contribution >= 4 is 5.97 Å². The third-order valence-corrected chi connectivity index (χ3v) is 9.88. The minimum atomic E-state index is -0.261. The number of esters is 1. The van der Waals surface area contributed by atoms with E-state index in [2.05, 4.69) is 34.6 Å². The van der Waals surface area contributed by atoms with Gasteiger partial charge in [0.25, 0.3) is 0 Å². The van der Waals surface area contributed by atoms with Crippen molar-refractivity contribution in [2.24, 2.45) is 46.3 Å². The first-order valence-electron chi connectivity index (χ1n) is 13.4. The number of ether oxygens (including phenoxy) is 1. The second-order valence-corrected chi connectivity index (χ2v) is 12.2. The monoisotopic (exact) mass is 452 g/mol. The minimum Gasteiger partial charge on any atom is -0.469 e. The number of methoxy groups -OCH3 is 1. The lowest BCUT2D eigenvalue weighted by Gasteiger charge is -2.55. The topological polar surface area (TPSA) is 66.8 Å². The van der Waals surface area contributed by atoms with Gasteiger partial charge in [0.05, 0.1) is 25.2 Å². The summed E-state index contributed by atoms with van der Waals surface area (Å²) >= 11 is 0. The second-order valence-electron chi connectivity index (χ2n) is 12.2. The molecule has 0 aromatic rings.